The van der Waals surface area contributed by atoms with Gasteiger partial charge < -0.3 is 10.2 Å². The molecule has 1 heterocycles. The predicted molar refractivity (Wildman–Crippen MR) is 62.9 cm³/mol. The third-order valence-electron chi connectivity index (χ3n) is 3.39. The maximum Gasteiger partial charge on any atom is 0.248 e. The first kappa shape index (κ1) is 13.0. The van der Waals surface area contributed by atoms with Gasteiger partial charge in [0, 0.05) is 6.04 Å². The third kappa shape index (κ3) is 1.93. The largest absolute Gasteiger partial charge is 0.340 e. The maximum atomic E-state index is 12.3. The average Bonchev–Trinajstić information content (AvgIpc) is 2.22. The van der Waals surface area contributed by atoms with E-state index in [0.717, 1.165) is 0 Å². The van der Waals surface area contributed by atoms with Crippen LogP contribution in [0.25, 0.3) is 0 Å². The van der Waals surface area contributed by atoms with Gasteiger partial charge in [0.2, 0.25) is 11.8 Å². The van der Waals surface area contributed by atoms with Crippen LogP contribution in [0.15, 0.2) is 0 Å². The molecule has 0 spiro atoms. The van der Waals surface area contributed by atoms with E-state index in [1.54, 1.807) is 11.8 Å². The molecule has 92 valence electrons. The summed E-state index contributed by atoms with van der Waals surface area (Å²) in [5.74, 6) is 0.0107. The van der Waals surface area contributed by atoms with Gasteiger partial charge in [0.1, 0.15) is 11.6 Å². The first-order chi connectivity index (χ1) is 7.37. The first-order valence-corrected chi connectivity index (χ1v) is 6.02. The molecule has 0 aliphatic carbocycles. The quantitative estimate of drug-likeness (QED) is 0.788. The number of nitrogens with one attached hydrogen (secondary N) is 1. The van der Waals surface area contributed by atoms with Crippen LogP contribution in [0.4, 0.5) is 0 Å². The van der Waals surface area contributed by atoms with Crippen LogP contribution in [0.1, 0.15) is 47.5 Å². The van der Waals surface area contributed by atoms with E-state index in [0.29, 0.717) is 12.8 Å². The normalized spacial score (nSPS) is 30.9. The molecule has 1 aliphatic rings. The molecule has 2 amide bonds. The Kier molecular flexibility index (Phi) is 3.61. The molecule has 16 heavy (non-hydrogen) atoms. The van der Waals surface area contributed by atoms with Gasteiger partial charge in [0.05, 0.1) is 0 Å². The number of carbonyl (C=O) groups is 2. The van der Waals surface area contributed by atoms with Gasteiger partial charge in [-0.2, -0.15) is 0 Å². The lowest BCUT2D eigenvalue weighted by Gasteiger charge is -2.45. The van der Waals surface area contributed by atoms with Gasteiger partial charge >= 0.3 is 0 Å². The van der Waals surface area contributed by atoms with Crippen molar-refractivity contribution in [1.29, 1.82) is 0 Å². The Labute approximate surface area is 97.4 Å². The third-order valence-corrected chi connectivity index (χ3v) is 3.39. The summed E-state index contributed by atoms with van der Waals surface area (Å²) in [6.07, 6.45) is 1.28. The van der Waals surface area contributed by atoms with Gasteiger partial charge in [0.15, 0.2) is 0 Å². The molecule has 1 N–H and O–H groups in total. The van der Waals surface area contributed by atoms with E-state index in [4.69, 9.17) is 0 Å². The van der Waals surface area contributed by atoms with E-state index in [-0.39, 0.29) is 23.9 Å². The Hall–Kier alpha value is -1.06. The van der Waals surface area contributed by atoms with Crippen LogP contribution >= 0.6 is 0 Å². The van der Waals surface area contributed by atoms with Gasteiger partial charge in [-0.05, 0) is 33.6 Å². The summed E-state index contributed by atoms with van der Waals surface area (Å²) in [6, 6.07) is -0.249. The van der Waals surface area contributed by atoms with Crippen molar-refractivity contribution in [2.24, 2.45) is 0 Å². The number of piperazine rings is 1. The molecule has 4 nitrogen and oxygen atoms in total. The Balaban J connectivity index is 3.08. The van der Waals surface area contributed by atoms with Crippen molar-refractivity contribution in [2.45, 2.75) is 65.1 Å². The molecule has 4 heteroatoms. The topological polar surface area (TPSA) is 49.4 Å². The first-order valence-electron chi connectivity index (χ1n) is 6.02. The second kappa shape index (κ2) is 4.44. The van der Waals surface area contributed by atoms with E-state index in [1.165, 1.54) is 0 Å². The number of carbonyl (C=O) groups excluding carboxylic acids is 2. The Morgan fingerprint density at radius 2 is 1.94 bits per heavy atom. The van der Waals surface area contributed by atoms with Crippen molar-refractivity contribution in [1.82, 2.24) is 10.2 Å². The van der Waals surface area contributed by atoms with Crippen LogP contribution < -0.4 is 5.32 Å². The molecule has 0 bridgehead atoms. The molecular weight excluding hydrogens is 204 g/mol. The number of amides is 2. The molecule has 1 fully saturated rings. The summed E-state index contributed by atoms with van der Waals surface area (Å²) in [5, 5.41) is 2.85. The van der Waals surface area contributed by atoms with Gasteiger partial charge in [0.25, 0.3) is 0 Å². The summed E-state index contributed by atoms with van der Waals surface area (Å²) in [7, 11) is 0. The van der Waals surface area contributed by atoms with E-state index >= 15 is 0 Å². The van der Waals surface area contributed by atoms with Crippen LogP contribution in [-0.4, -0.2) is 34.3 Å². The van der Waals surface area contributed by atoms with E-state index in [9.17, 15) is 9.59 Å². The van der Waals surface area contributed by atoms with E-state index in [1.807, 2.05) is 27.7 Å². The smallest absolute Gasteiger partial charge is 0.248 e. The Bertz CT molecular complexity index is 301. The van der Waals surface area contributed by atoms with Crippen molar-refractivity contribution >= 4 is 11.8 Å². The van der Waals surface area contributed by atoms with Gasteiger partial charge in [-0.1, -0.05) is 13.8 Å². The van der Waals surface area contributed by atoms with E-state index in [2.05, 4.69) is 5.32 Å². The van der Waals surface area contributed by atoms with Gasteiger partial charge in [-0.15, -0.1) is 0 Å². The zero-order valence-corrected chi connectivity index (χ0v) is 10.8. The lowest BCUT2D eigenvalue weighted by molar-refractivity contribution is -0.156. The molecule has 1 aliphatic heterocycles. The van der Waals surface area contributed by atoms with Crippen molar-refractivity contribution < 1.29 is 9.59 Å². The van der Waals surface area contributed by atoms with Crippen LogP contribution in [0.2, 0.25) is 0 Å². The van der Waals surface area contributed by atoms with Gasteiger partial charge in [-0.25, -0.2) is 0 Å². The fraction of sp³-hybridized carbons (Fsp3) is 0.833. The van der Waals surface area contributed by atoms with Crippen molar-refractivity contribution in [3.05, 3.63) is 0 Å². The number of nitrogens with zero attached hydrogens (tertiary/aromatic N) is 1. The minimum absolute atomic E-state index is 0.0276. The van der Waals surface area contributed by atoms with Crippen molar-refractivity contribution in [3.63, 3.8) is 0 Å². The number of hydrogen-bond donors (Lipinski definition) is 1. The van der Waals surface area contributed by atoms with Gasteiger partial charge in [-0.3, -0.25) is 9.59 Å². The summed E-state index contributed by atoms with van der Waals surface area (Å²) < 4.78 is 0. The number of rotatable bonds is 3. The zero-order valence-electron chi connectivity index (χ0n) is 10.8. The monoisotopic (exact) mass is 226 g/mol. The maximum absolute atomic E-state index is 12.3. The molecule has 2 atom stereocenters. The second-order valence-corrected chi connectivity index (χ2v) is 4.91. The standard InChI is InChI=1S/C12H22N2O2/c1-6-9-10(15)13-12(5,7-2)11(16)14(9)8(3)4/h8-9H,6-7H2,1-5H3,(H,13,15). The van der Waals surface area contributed by atoms with Crippen molar-refractivity contribution in [2.75, 3.05) is 0 Å². The molecule has 0 aromatic heterocycles. The Morgan fingerprint density at radius 1 is 1.38 bits per heavy atom. The molecular formula is C12H22N2O2. The fourth-order valence-electron chi connectivity index (χ4n) is 2.18. The van der Waals surface area contributed by atoms with Crippen molar-refractivity contribution in [3.8, 4) is 0 Å². The molecule has 1 saturated heterocycles. The fourth-order valence-corrected chi connectivity index (χ4v) is 2.18. The SMILES string of the molecule is CCC1C(=O)NC(C)(CC)C(=O)N1C(C)C. The highest BCUT2D eigenvalue weighted by Crippen LogP contribution is 2.24. The summed E-state index contributed by atoms with van der Waals surface area (Å²) in [6.45, 7) is 9.56. The van der Waals surface area contributed by atoms with Crippen LogP contribution in [0.3, 0.4) is 0 Å². The summed E-state index contributed by atoms with van der Waals surface area (Å²) in [5.41, 5.74) is -0.729. The summed E-state index contributed by atoms with van der Waals surface area (Å²) >= 11 is 0. The Morgan fingerprint density at radius 3 is 2.31 bits per heavy atom. The highest BCUT2D eigenvalue weighted by Gasteiger charge is 2.46. The molecule has 0 radical (unpaired) electrons. The van der Waals surface area contributed by atoms with Crippen LogP contribution in [0.5, 0.6) is 0 Å². The highest BCUT2D eigenvalue weighted by molar-refractivity contribution is 5.99. The van der Waals surface area contributed by atoms with E-state index < -0.39 is 5.54 Å². The highest BCUT2D eigenvalue weighted by atomic mass is 16.2. The average molecular weight is 226 g/mol. The zero-order chi connectivity index (χ0) is 12.5. The lowest BCUT2D eigenvalue weighted by atomic mass is 9.90. The molecule has 0 aromatic rings. The minimum atomic E-state index is -0.729. The van der Waals surface area contributed by atoms with Crippen LogP contribution in [0, 0.1) is 0 Å². The van der Waals surface area contributed by atoms with Crippen LogP contribution in [-0.2, 0) is 9.59 Å². The number of hydrogen-bond acceptors (Lipinski definition) is 2. The second-order valence-electron chi connectivity index (χ2n) is 4.91. The molecule has 0 aromatic carbocycles. The summed E-state index contributed by atoms with van der Waals surface area (Å²) in [4.78, 5) is 26.0. The molecule has 1 rings (SSSR count). The molecule has 0 saturated carbocycles. The molecule has 2 unspecified atom stereocenters. The minimum Gasteiger partial charge on any atom is -0.340 e. The lowest BCUT2D eigenvalue weighted by Crippen LogP contribution is -2.70. The predicted octanol–water partition coefficient (Wildman–Crippen LogP) is 1.30.